The van der Waals surface area contributed by atoms with Crippen LogP contribution in [0, 0.1) is 5.92 Å². The van der Waals surface area contributed by atoms with Gasteiger partial charge in [-0.15, -0.1) is 0 Å². The molecule has 0 unspecified atom stereocenters. The molecule has 2 amide bonds. The molecule has 2 saturated heterocycles. The second kappa shape index (κ2) is 9.69. The number of nitrogens with zero attached hydrogens (tertiary/aromatic N) is 2. The van der Waals surface area contributed by atoms with Gasteiger partial charge in [0.15, 0.2) is 0 Å². The fourth-order valence-corrected chi connectivity index (χ4v) is 6.51. The van der Waals surface area contributed by atoms with Crippen molar-refractivity contribution in [1.29, 1.82) is 0 Å². The summed E-state index contributed by atoms with van der Waals surface area (Å²) in [5.74, 6) is -0.225. The molecule has 0 aromatic heterocycles. The highest BCUT2D eigenvalue weighted by molar-refractivity contribution is 7.89. The lowest BCUT2D eigenvalue weighted by atomic mass is 9.97. The van der Waals surface area contributed by atoms with Crippen LogP contribution in [-0.2, 0) is 19.6 Å². The van der Waals surface area contributed by atoms with Gasteiger partial charge in [-0.05, 0) is 56.4 Å². The van der Waals surface area contributed by atoms with Gasteiger partial charge >= 0.3 is 0 Å². The summed E-state index contributed by atoms with van der Waals surface area (Å²) in [7, 11) is -3.67. The number of hydrogen-bond donors (Lipinski definition) is 1. The van der Waals surface area contributed by atoms with E-state index in [1.807, 2.05) is 0 Å². The number of amides is 2. The molecule has 3 fully saturated rings. The minimum atomic E-state index is -3.67. The molecule has 1 atom stereocenters. The Bertz CT molecular complexity index is 892. The van der Waals surface area contributed by atoms with Crippen molar-refractivity contribution in [2.45, 2.75) is 75.1 Å². The molecule has 3 aliphatic rings. The number of nitrogens with one attached hydrogen (secondary N) is 1. The smallest absolute Gasteiger partial charge is 0.243 e. The van der Waals surface area contributed by atoms with Crippen LogP contribution in [0.3, 0.4) is 0 Å². The largest absolute Gasteiger partial charge is 0.353 e. The standard InChI is InChI=1S/C23H33N3O4S/c27-22-10-6-16-26(22)20-11-13-21(14-12-20)31(29,30)25-15-5-7-18(17-25)23(28)24-19-8-3-1-2-4-9-19/h11-14,18-19H,1-10,15-17H2,(H,24,28)/t18-/m1/s1. The topological polar surface area (TPSA) is 86.8 Å². The molecule has 31 heavy (non-hydrogen) atoms. The Morgan fingerprint density at radius 2 is 1.61 bits per heavy atom. The number of anilines is 1. The minimum absolute atomic E-state index is 0.00491. The highest BCUT2D eigenvalue weighted by Gasteiger charge is 2.34. The fraction of sp³-hybridized carbons (Fsp3) is 0.652. The normalized spacial score (nSPS) is 24.2. The second-order valence-electron chi connectivity index (χ2n) is 9.04. The van der Waals surface area contributed by atoms with E-state index >= 15 is 0 Å². The van der Waals surface area contributed by atoms with Crippen molar-refractivity contribution in [3.63, 3.8) is 0 Å². The molecule has 2 aliphatic heterocycles. The third-order valence-electron chi connectivity index (χ3n) is 6.82. The lowest BCUT2D eigenvalue weighted by Gasteiger charge is -2.32. The zero-order valence-corrected chi connectivity index (χ0v) is 18.9. The molecule has 1 saturated carbocycles. The van der Waals surface area contributed by atoms with E-state index in [1.165, 1.54) is 17.1 Å². The van der Waals surface area contributed by atoms with Crippen LogP contribution in [0.1, 0.15) is 64.2 Å². The molecule has 0 bridgehead atoms. The molecule has 1 aromatic rings. The molecule has 1 N–H and O–H groups in total. The van der Waals surface area contributed by atoms with Crippen molar-refractivity contribution >= 4 is 27.5 Å². The minimum Gasteiger partial charge on any atom is -0.353 e. The van der Waals surface area contributed by atoms with Gasteiger partial charge < -0.3 is 10.2 Å². The Morgan fingerprint density at radius 3 is 2.26 bits per heavy atom. The first kappa shape index (κ1) is 22.3. The summed E-state index contributed by atoms with van der Waals surface area (Å²) in [5.41, 5.74) is 0.737. The van der Waals surface area contributed by atoms with Crippen molar-refractivity contribution in [2.24, 2.45) is 5.92 Å². The van der Waals surface area contributed by atoms with Gasteiger partial charge in [0.2, 0.25) is 21.8 Å². The van der Waals surface area contributed by atoms with E-state index in [-0.39, 0.29) is 35.2 Å². The van der Waals surface area contributed by atoms with Crippen molar-refractivity contribution in [1.82, 2.24) is 9.62 Å². The van der Waals surface area contributed by atoms with E-state index in [9.17, 15) is 18.0 Å². The first-order valence-corrected chi connectivity index (χ1v) is 13.1. The molecule has 1 aliphatic carbocycles. The number of hydrogen-bond acceptors (Lipinski definition) is 4. The zero-order valence-electron chi connectivity index (χ0n) is 18.1. The van der Waals surface area contributed by atoms with Crippen LogP contribution in [-0.4, -0.2) is 50.2 Å². The van der Waals surface area contributed by atoms with Crippen LogP contribution in [0.2, 0.25) is 0 Å². The van der Waals surface area contributed by atoms with E-state index in [4.69, 9.17) is 0 Å². The van der Waals surface area contributed by atoms with Crippen molar-refractivity contribution in [2.75, 3.05) is 24.5 Å². The summed E-state index contributed by atoms with van der Waals surface area (Å²) in [4.78, 5) is 26.7. The van der Waals surface area contributed by atoms with Crippen LogP contribution < -0.4 is 10.2 Å². The lowest BCUT2D eigenvalue weighted by Crippen LogP contribution is -2.47. The number of sulfonamides is 1. The van der Waals surface area contributed by atoms with Gasteiger partial charge in [0.25, 0.3) is 0 Å². The van der Waals surface area contributed by atoms with Gasteiger partial charge in [-0.25, -0.2) is 8.42 Å². The van der Waals surface area contributed by atoms with E-state index in [0.717, 1.165) is 44.2 Å². The highest BCUT2D eigenvalue weighted by Crippen LogP contribution is 2.27. The maximum absolute atomic E-state index is 13.2. The molecule has 170 valence electrons. The highest BCUT2D eigenvalue weighted by atomic mass is 32.2. The third-order valence-corrected chi connectivity index (χ3v) is 8.70. The Balaban J connectivity index is 1.40. The molecule has 2 heterocycles. The summed E-state index contributed by atoms with van der Waals surface area (Å²) in [6.45, 7) is 1.34. The number of benzene rings is 1. The van der Waals surface area contributed by atoms with Crippen LogP contribution in [0.5, 0.6) is 0 Å². The molecule has 8 heteroatoms. The monoisotopic (exact) mass is 447 g/mol. The number of carbonyl (C=O) groups excluding carboxylic acids is 2. The maximum Gasteiger partial charge on any atom is 0.243 e. The predicted octanol–water partition coefficient (Wildman–Crippen LogP) is 3.05. The van der Waals surface area contributed by atoms with Gasteiger partial charge in [-0.2, -0.15) is 4.31 Å². The van der Waals surface area contributed by atoms with E-state index < -0.39 is 10.0 Å². The molecule has 0 spiro atoms. The van der Waals surface area contributed by atoms with E-state index in [0.29, 0.717) is 25.9 Å². The fourth-order valence-electron chi connectivity index (χ4n) is 4.99. The second-order valence-corrected chi connectivity index (χ2v) is 11.0. The average Bonchev–Trinajstić information content (AvgIpc) is 3.04. The predicted molar refractivity (Wildman–Crippen MR) is 119 cm³/mol. The maximum atomic E-state index is 13.2. The van der Waals surface area contributed by atoms with Crippen molar-refractivity contribution in [3.8, 4) is 0 Å². The Hall–Kier alpha value is -1.93. The summed E-state index contributed by atoms with van der Waals surface area (Å²) in [5, 5.41) is 3.19. The van der Waals surface area contributed by atoms with E-state index in [1.54, 1.807) is 29.2 Å². The van der Waals surface area contributed by atoms with Crippen LogP contribution in [0.15, 0.2) is 29.2 Å². The summed E-state index contributed by atoms with van der Waals surface area (Å²) >= 11 is 0. The number of piperidine rings is 1. The lowest BCUT2D eigenvalue weighted by molar-refractivity contribution is -0.126. The third kappa shape index (κ3) is 5.12. The first-order chi connectivity index (χ1) is 14.9. The Kier molecular flexibility index (Phi) is 6.96. The Labute approximate surface area is 185 Å². The van der Waals surface area contributed by atoms with Crippen LogP contribution >= 0.6 is 0 Å². The van der Waals surface area contributed by atoms with Gasteiger partial charge in [0, 0.05) is 37.8 Å². The molecule has 7 nitrogen and oxygen atoms in total. The van der Waals surface area contributed by atoms with Crippen molar-refractivity contribution in [3.05, 3.63) is 24.3 Å². The number of carbonyl (C=O) groups is 2. The molecule has 1 aromatic carbocycles. The molecular weight excluding hydrogens is 414 g/mol. The molecular formula is C23H33N3O4S. The van der Waals surface area contributed by atoms with Gasteiger partial charge in [0.05, 0.1) is 10.8 Å². The van der Waals surface area contributed by atoms with Crippen LogP contribution in [0.4, 0.5) is 5.69 Å². The molecule has 4 rings (SSSR count). The summed E-state index contributed by atoms with van der Waals surface area (Å²) < 4.78 is 27.9. The molecule has 0 radical (unpaired) electrons. The SMILES string of the molecule is O=C(NC1CCCCCC1)[C@@H]1CCCN(S(=O)(=O)c2ccc(N3CCCC3=O)cc2)C1. The summed E-state index contributed by atoms with van der Waals surface area (Å²) in [6.07, 6.45) is 9.57. The quantitative estimate of drug-likeness (QED) is 0.703. The first-order valence-electron chi connectivity index (χ1n) is 11.7. The van der Waals surface area contributed by atoms with E-state index in [2.05, 4.69) is 5.32 Å². The van der Waals surface area contributed by atoms with Crippen LogP contribution in [0.25, 0.3) is 0 Å². The number of rotatable bonds is 5. The Morgan fingerprint density at radius 1 is 0.903 bits per heavy atom. The van der Waals surface area contributed by atoms with Gasteiger partial charge in [0.1, 0.15) is 0 Å². The zero-order chi connectivity index (χ0) is 21.8. The average molecular weight is 448 g/mol. The summed E-state index contributed by atoms with van der Waals surface area (Å²) in [6, 6.07) is 6.78. The van der Waals surface area contributed by atoms with Gasteiger partial charge in [-0.3, -0.25) is 9.59 Å². The van der Waals surface area contributed by atoms with Gasteiger partial charge in [-0.1, -0.05) is 25.7 Å². The van der Waals surface area contributed by atoms with Crippen molar-refractivity contribution < 1.29 is 18.0 Å².